The molecule has 0 aromatic rings. The van der Waals surface area contributed by atoms with Gasteiger partial charge in [0.2, 0.25) is 0 Å². The molecule has 0 heterocycles. The monoisotopic (exact) mass is 348 g/mol. The average Bonchev–Trinajstić information content (AvgIpc) is 2.77. The number of fused-ring (bicyclic) bond motifs is 1. The van der Waals surface area contributed by atoms with Crippen molar-refractivity contribution in [2.24, 2.45) is 17.3 Å². The quantitative estimate of drug-likeness (QED) is 0.403. The van der Waals surface area contributed by atoms with Crippen molar-refractivity contribution in [1.82, 2.24) is 0 Å². The minimum absolute atomic E-state index is 0.283. The van der Waals surface area contributed by atoms with Crippen molar-refractivity contribution >= 4 is 5.97 Å². The first-order valence-corrected chi connectivity index (χ1v) is 9.78. The summed E-state index contributed by atoms with van der Waals surface area (Å²) in [5.41, 5.74) is 2.11. The second-order valence-electron chi connectivity index (χ2n) is 9.07. The zero-order chi connectivity index (χ0) is 18.8. The van der Waals surface area contributed by atoms with Gasteiger partial charge >= 0.3 is 5.97 Å². The predicted octanol–water partition coefficient (Wildman–Crippen LogP) is 5.54. The Hall–Kier alpha value is -1.09. The zero-order valence-electron chi connectivity index (χ0n) is 16.9. The Morgan fingerprint density at radius 2 is 2.04 bits per heavy atom. The number of rotatable bonds is 5. The Morgan fingerprint density at radius 3 is 2.64 bits per heavy atom. The average molecular weight is 349 g/mol. The van der Waals surface area contributed by atoms with E-state index >= 15 is 0 Å². The van der Waals surface area contributed by atoms with Crippen LogP contribution in [0.4, 0.5) is 0 Å². The maximum Gasteiger partial charge on any atom is 0.307 e. The molecule has 142 valence electrons. The summed E-state index contributed by atoms with van der Waals surface area (Å²) in [5.74, 6) is 1.33. The van der Waals surface area contributed by atoms with Gasteiger partial charge in [-0.3, -0.25) is 4.79 Å². The van der Waals surface area contributed by atoms with Crippen LogP contribution in [0.3, 0.4) is 0 Å². The van der Waals surface area contributed by atoms with Gasteiger partial charge in [0.25, 0.3) is 0 Å². The molecule has 0 aromatic carbocycles. The second kappa shape index (κ2) is 7.65. The lowest BCUT2D eigenvalue weighted by Crippen LogP contribution is -2.39. The number of esters is 1. The summed E-state index contributed by atoms with van der Waals surface area (Å²) in [5, 5.41) is 11.3. The van der Waals surface area contributed by atoms with E-state index in [-0.39, 0.29) is 5.97 Å². The minimum Gasteiger partial charge on any atom is -0.431 e. The second-order valence-corrected chi connectivity index (χ2v) is 9.07. The first-order valence-electron chi connectivity index (χ1n) is 9.78. The van der Waals surface area contributed by atoms with Crippen LogP contribution in [0.5, 0.6) is 0 Å². The topological polar surface area (TPSA) is 46.5 Å². The van der Waals surface area contributed by atoms with Gasteiger partial charge < -0.3 is 9.84 Å². The van der Waals surface area contributed by atoms with Crippen molar-refractivity contribution in [3.8, 4) is 0 Å². The van der Waals surface area contributed by atoms with Crippen molar-refractivity contribution in [3.05, 3.63) is 23.0 Å². The van der Waals surface area contributed by atoms with Crippen LogP contribution < -0.4 is 0 Å². The molecule has 0 aliphatic heterocycles. The van der Waals surface area contributed by atoms with Crippen LogP contribution in [-0.2, 0) is 9.53 Å². The maximum absolute atomic E-state index is 11.3. The summed E-state index contributed by atoms with van der Waals surface area (Å²) in [6.45, 7) is 12.0. The minimum atomic E-state index is -0.721. The SMILES string of the molecule is CC(=O)OC(CC[C@](C)(O)[C@H]1CC[C@]2(C)CC=C(C)CC[C@@H]12)=C(C)C. The highest BCUT2D eigenvalue weighted by Gasteiger charge is 2.50. The molecule has 0 aromatic heterocycles. The highest BCUT2D eigenvalue weighted by molar-refractivity contribution is 5.67. The van der Waals surface area contributed by atoms with Crippen molar-refractivity contribution in [2.75, 3.05) is 0 Å². The van der Waals surface area contributed by atoms with Gasteiger partial charge in [0, 0.05) is 13.3 Å². The third-order valence-electron chi connectivity index (χ3n) is 6.66. The largest absolute Gasteiger partial charge is 0.431 e. The predicted molar refractivity (Wildman–Crippen MR) is 102 cm³/mol. The summed E-state index contributed by atoms with van der Waals surface area (Å²) >= 11 is 0. The molecule has 0 amide bonds. The van der Waals surface area contributed by atoms with Crippen molar-refractivity contribution in [3.63, 3.8) is 0 Å². The van der Waals surface area contributed by atoms with E-state index in [0.717, 1.165) is 24.8 Å². The lowest BCUT2D eigenvalue weighted by molar-refractivity contribution is -0.137. The Kier molecular flexibility index (Phi) is 6.19. The fourth-order valence-electron chi connectivity index (χ4n) is 4.93. The van der Waals surface area contributed by atoms with Crippen LogP contribution in [-0.4, -0.2) is 16.7 Å². The van der Waals surface area contributed by atoms with Crippen molar-refractivity contribution < 1.29 is 14.6 Å². The van der Waals surface area contributed by atoms with Gasteiger partial charge in [-0.25, -0.2) is 0 Å². The van der Waals surface area contributed by atoms with E-state index < -0.39 is 5.60 Å². The number of allylic oxidation sites excluding steroid dienone is 4. The van der Waals surface area contributed by atoms with Gasteiger partial charge in [-0.15, -0.1) is 0 Å². The summed E-state index contributed by atoms with van der Waals surface area (Å²) in [7, 11) is 0. The normalized spacial score (nSPS) is 31.4. The van der Waals surface area contributed by atoms with Gasteiger partial charge in [-0.2, -0.15) is 0 Å². The standard InChI is InChI=1S/C22H36O3/c1-15(2)20(25-17(4)23)11-14-22(6,24)19-10-13-21(5)12-9-16(3)7-8-18(19)21/h9,18-19,24H,7-8,10-14H2,1-6H3/t18-,19-,21-,22-/m0/s1. The van der Waals surface area contributed by atoms with Gasteiger partial charge in [0.1, 0.15) is 5.76 Å². The first kappa shape index (κ1) is 20.2. The van der Waals surface area contributed by atoms with Crippen LogP contribution in [0.1, 0.15) is 86.5 Å². The molecule has 1 N–H and O–H groups in total. The molecular weight excluding hydrogens is 312 g/mol. The van der Waals surface area contributed by atoms with Crippen LogP contribution in [0.25, 0.3) is 0 Å². The molecule has 3 nitrogen and oxygen atoms in total. The van der Waals surface area contributed by atoms with Gasteiger partial charge in [-0.1, -0.05) is 18.6 Å². The Balaban J connectivity index is 2.09. The van der Waals surface area contributed by atoms with E-state index in [4.69, 9.17) is 4.74 Å². The third-order valence-corrected chi connectivity index (χ3v) is 6.66. The Labute approximate surface area is 153 Å². The molecule has 4 atom stereocenters. The Bertz CT molecular complexity index is 566. The first-order chi connectivity index (χ1) is 11.5. The van der Waals surface area contributed by atoms with E-state index in [1.807, 2.05) is 20.8 Å². The molecule has 0 spiro atoms. The molecule has 2 aliphatic rings. The van der Waals surface area contributed by atoms with Crippen molar-refractivity contribution in [1.29, 1.82) is 0 Å². The lowest BCUT2D eigenvalue weighted by Gasteiger charge is -2.39. The summed E-state index contributed by atoms with van der Waals surface area (Å²) in [6, 6.07) is 0. The Morgan fingerprint density at radius 1 is 1.36 bits per heavy atom. The van der Waals surface area contributed by atoms with Crippen molar-refractivity contribution in [2.45, 2.75) is 92.1 Å². The molecule has 0 bridgehead atoms. The molecular formula is C22H36O3. The molecule has 2 aliphatic carbocycles. The number of carbonyl (C=O) groups excluding carboxylic acids is 1. The van der Waals surface area contributed by atoms with E-state index in [2.05, 4.69) is 19.9 Å². The van der Waals surface area contributed by atoms with E-state index in [0.29, 0.717) is 35.9 Å². The van der Waals surface area contributed by atoms with Crippen LogP contribution in [0.15, 0.2) is 23.0 Å². The molecule has 1 saturated carbocycles. The molecule has 0 radical (unpaired) electrons. The summed E-state index contributed by atoms with van der Waals surface area (Å²) < 4.78 is 5.35. The lowest BCUT2D eigenvalue weighted by atomic mass is 9.69. The summed E-state index contributed by atoms with van der Waals surface area (Å²) in [6.07, 6.45) is 9.44. The highest BCUT2D eigenvalue weighted by Crippen LogP contribution is 2.56. The van der Waals surface area contributed by atoms with Crippen LogP contribution in [0.2, 0.25) is 0 Å². The number of hydrogen-bond acceptors (Lipinski definition) is 3. The third kappa shape index (κ3) is 4.75. The fourth-order valence-corrected chi connectivity index (χ4v) is 4.93. The molecule has 0 unspecified atom stereocenters. The number of hydrogen-bond donors (Lipinski definition) is 1. The van der Waals surface area contributed by atoms with E-state index in [1.165, 1.54) is 25.3 Å². The van der Waals surface area contributed by atoms with Gasteiger partial charge in [-0.05, 0) is 89.0 Å². The number of carbonyl (C=O) groups is 1. The molecule has 1 fully saturated rings. The molecule has 25 heavy (non-hydrogen) atoms. The number of ether oxygens (including phenoxy) is 1. The molecule has 3 heteroatoms. The number of aliphatic hydroxyl groups is 1. The maximum atomic E-state index is 11.3. The smallest absolute Gasteiger partial charge is 0.307 e. The highest BCUT2D eigenvalue weighted by atomic mass is 16.5. The van der Waals surface area contributed by atoms with Crippen LogP contribution in [0, 0.1) is 17.3 Å². The summed E-state index contributed by atoms with van der Waals surface area (Å²) in [4.78, 5) is 11.3. The fraction of sp³-hybridized carbons (Fsp3) is 0.773. The van der Waals surface area contributed by atoms with Crippen LogP contribution >= 0.6 is 0 Å². The van der Waals surface area contributed by atoms with Gasteiger partial charge in [0.05, 0.1) is 5.60 Å². The molecule has 0 saturated heterocycles. The molecule has 2 rings (SSSR count). The zero-order valence-corrected chi connectivity index (χ0v) is 16.9. The van der Waals surface area contributed by atoms with E-state index in [9.17, 15) is 9.90 Å². The van der Waals surface area contributed by atoms with E-state index in [1.54, 1.807) is 0 Å². The van der Waals surface area contributed by atoms with Gasteiger partial charge in [0.15, 0.2) is 0 Å².